The molecule has 0 bridgehead atoms. The lowest BCUT2D eigenvalue weighted by molar-refractivity contribution is 0.644. The first-order valence-electron chi connectivity index (χ1n) is 6.72. The van der Waals surface area contributed by atoms with Gasteiger partial charge in [0.1, 0.15) is 0 Å². The van der Waals surface area contributed by atoms with Crippen LogP contribution in [0.3, 0.4) is 0 Å². The summed E-state index contributed by atoms with van der Waals surface area (Å²) in [5.74, 6) is 0. The van der Waals surface area contributed by atoms with Crippen molar-refractivity contribution in [2.45, 2.75) is 46.6 Å². The van der Waals surface area contributed by atoms with Crippen molar-refractivity contribution in [2.75, 3.05) is 18.0 Å². The SMILES string of the molecule is CCC(N)Cc1cc(C)ccc1N(CC)CC. The Labute approximate surface area is 106 Å². The molecule has 0 aromatic heterocycles. The summed E-state index contributed by atoms with van der Waals surface area (Å²) in [5, 5.41) is 0. The lowest BCUT2D eigenvalue weighted by atomic mass is 10.00. The van der Waals surface area contributed by atoms with E-state index in [4.69, 9.17) is 5.73 Å². The molecule has 17 heavy (non-hydrogen) atoms. The maximum atomic E-state index is 6.09. The van der Waals surface area contributed by atoms with E-state index < -0.39 is 0 Å². The summed E-state index contributed by atoms with van der Waals surface area (Å²) in [5.41, 5.74) is 10.2. The van der Waals surface area contributed by atoms with E-state index >= 15 is 0 Å². The Morgan fingerprint density at radius 2 is 1.82 bits per heavy atom. The Morgan fingerprint density at radius 3 is 2.35 bits per heavy atom. The Morgan fingerprint density at radius 1 is 1.18 bits per heavy atom. The van der Waals surface area contributed by atoms with E-state index in [1.807, 2.05) is 0 Å². The average molecular weight is 234 g/mol. The summed E-state index contributed by atoms with van der Waals surface area (Å²) < 4.78 is 0. The zero-order valence-corrected chi connectivity index (χ0v) is 11.7. The van der Waals surface area contributed by atoms with Gasteiger partial charge in [-0.25, -0.2) is 0 Å². The molecule has 0 aliphatic rings. The van der Waals surface area contributed by atoms with Crippen molar-refractivity contribution in [3.05, 3.63) is 29.3 Å². The van der Waals surface area contributed by atoms with Gasteiger partial charge in [0, 0.05) is 24.8 Å². The normalized spacial score (nSPS) is 12.5. The van der Waals surface area contributed by atoms with Crippen LogP contribution in [0, 0.1) is 6.92 Å². The van der Waals surface area contributed by atoms with Gasteiger partial charge in [-0.05, 0) is 45.2 Å². The van der Waals surface area contributed by atoms with Crippen molar-refractivity contribution in [1.29, 1.82) is 0 Å². The summed E-state index contributed by atoms with van der Waals surface area (Å²) in [6, 6.07) is 6.98. The van der Waals surface area contributed by atoms with Gasteiger partial charge in [-0.1, -0.05) is 24.6 Å². The van der Waals surface area contributed by atoms with Gasteiger partial charge in [0.15, 0.2) is 0 Å². The molecule has 1 aromatic rings. The number of aryl methyl sites for hydroxylation is 1. The fourth-order valence-electron chi connectivity index (χ4n) is 2.18. The molecule has 1 atom stereocenters. The highest BCUT2D eigenvalue weighted by atomic mass is 15.1. The van der Waals surface area contributed by atoms with Crippen molar-refractivity contribution in [3.8, 4) is 0 Å². The van der Waals surface area contributed by atoms with Gasteiger partial charge in [-0.3, -0.25) is 0 Å². The smallest absolute Gasteiger partial charge is 0.0399 e. The third kappa shape index (κ3) is 3.74. The molecular formula is C15H26N2. The number of anilines is 1. The van der Waals surface area contributed by atoms with Crippen molar-refractivity contribution >= 4 is 5.69 Å². The molecule has 0 heterocycles. The Hall–Kier alpha value is -1.02. The molecule has 2 heteroatoms. The summed E-state index contributed by atoms with van der Waals surface area (Å²) in [7, 11) is 0. The zero-order chi connectivity index (χ0) is 12.8. The molecule has 0 spiro atoms. The summed E-state index contributed by atoms with van der Waals surface area (Å²) in [4.78, 5) is 2.40. The van der Waals surface area contributed by atoms with Crippen LogP contribution in [0.15, 0.2) is 18.2 Å². The van der Waals surface area contributed by atoms with Crippen LogP contribution in [0.1, 0.15) is 38.3 Å². The van der Waals surface area contributed by atoms with Crippen LogP contribution in [0.5, 0.6) is 0 Å². The minimum absolute atomic E-state index is 0.270. The number of benzene rings is 1. The van der Waals surface area contributed by atoms with E-state index in [2.05, 4.69) is 50.8 Å². The number of nitrogens with two attached hydrogens (primary N) is 1. The number of hydrogen-bond acceptors (Lipinski definition) is 2. The molecule has 2 nitrogen and oxygen atoms in total. The molecule has 0 radical (unpaired) electrons. The molecule has 0 aliphatic carbocycles. The molecule has 0 amide bonds. The fraction of sp³-hybridized carbons (Fsp3) is 0.600. The summed E-state index contributed by atoms with van der Waals surface area (Å²) in [6.45, 7) is 10.8. The van der Waals surface area contributed by atoms with E-state index in [0.29, 0.717) is 0 Å². The minimum atomic E-state index is 0.270. The van der Waals surface area contributed by atoms with Crippen molar-refractivity contribution in [1.82, 2.24) is 0 Å². The number of nitrogens with zero attached hydrogens (tertiary/aromatic N) is 1. The maximum Gasteiger partial charge on any atom is 0.0399 e. The van der Waals surface area contributed by atoms with Crippen LogP contribution in [-0.2, 0) is 6.42 Å². The quantitative estimate of drug-likeness (QED) is 0.819. The maximum absolute atomic E-state index is 6.09. The topological polar surface area (TPSA) is 29.3 Å². The van der Waals surface area contributed by atoms with E-state index in [-0.39, 0.29) is 6.04 Å². The largest absolute Gasteiger partial charge is 0.372 e. The van der Waals surface area contributed by atoms with Crippen LogP contribution in [0.25, 0.3) is 0 Å². The van der Waals surface area contributed by atoms with Crippen molar-refractivity contribution in [2.24, 2.45) is 5.73 Å². The molecule has 1 unspecified atom stereocenters. The Balaban J connectivity index is 3.02. The predicted octanol–water partition coefficient (Wildman–Crippen LogP) is 3.12. The molecule has 0 aliphatic heterocycles. The first-order chi connectivity index (χ1) is 8.12. The van der Waals surface area contributed by atoms with Crippen molar-refractivity contribution < 1.29 is 0 Å². The summed E-state index contributed by atoms with van der Waals surface area (Å²) in [6.07, 6.45) is 2.01. The lowest BCUT2D eigenvalue weighted by Gasteiger charge is -2.25. The molecule has 0 fully saturated rings. The molecule has 1 rings (SSSR count). The monoisotopic (exact) mass is 234 g/mol. The van der Waals surface area contributed by atoms with Crippen molar-refractivity contribution in [3.63, 3.8) is 0 Å². The van der Waals surface area contributed by atoms with E-state index in [0.717, 1.165) is 25.9 Å². The van der Waals surface area contributed by atoms with Crippen LogP contribution < -0.4 is 10.6 Å². The van der Waals surface area contributed by atoms with Gasteiger partial charge in [0.05, 0.1) is 0 Å². The number of rotatable bonds is 6. The molecule has 1 aromatic carbocycles. The Bertz CT molecular complexity index is 343. The van der Waals surface area contributed by atoms with Gasteiger partial charge in [0.2, 0.25) is 0 Å². The van der Waals surface area contributed by atoms with Crippen LogP contribution in [0.2, 0.25) is 0 Å². The number of hydrogen-bond donors (Lipinski definition) is 1. The van der Waals surface area contributed by atoms with Gasteiger partial charge in [-0.15, -0.1) is 0 Å². The predicted molar refractivity (Wildman–Crippen MR) is 76.7 cm³/mol. The van der Waals surface area contributed by atoms with Gasteiger partial charge in [-0.2, -0.15) is 0 Å². The molecule has 2 N–H and O–H groups in total. The fourth-order valence-corrected chi connectivity index (χ4v) is 2.18. The third-order valence-corrected chi connectivity index (χ3v) is 3.35. The van der Waals surface area contributed by atoms with Crippen LogP contribution in [0.4, 0.5) is 5.69 Å². The van der Waals surface area contributed by atoms with Gasteiger partial charge in [0.25, 0.3) is 0 Å². The van der Waals surface area contributed by atoms with E-state index in [1.54, 1.807) is 0 Å². The van der Waals surface area contributed by atoms with Gasteiger partial charge >= 0.3 is 0 Å². The molecular weight excluding hydrogens is 208 g/mol. The van der Waals surface area contributed by atoms with E-state index in [9.17, 15) is 0 Å². The molecule has 0 saturated heterocycles. The second-order valence-electron chi connectivity index (χ2n) is 4.68. The standard InChI is InChI=1S/C15H26N2/c1-5-14(16)11-13-10-12(4)8-9-15(13)17(6-2)7-3/h8-10,14H,5-7,11,16H2,1-4H3. The van der Waals surface area contributed by atoms with Gasteiger partial charge < -0.3 is 10.6 Å². The molecule has 0 saturated carbocycles. The highest BCUT2D eigenvalue weighted by molar-refractivity contribution is 5.55. The third-order valence-electron chi connectivity index (χ3n) is 3.35. The van der Waals surface area contributed by atoms with Crippen LogP contribution in [-0.4, -0.2) is 19.1 Å². The second-order valence-corrected chi connectivity index (χ2v) is 4.68. The zero-order valence-electron chi connectivity index (χ0n) is 11.7. The highest BCUT2D eigenvalue weighted by Crippen LogP contribution is 2.23. The lowest BCUT2D eigenvalue weighted by Crippen LogP contribution is -2.26. The average Bonchev–Trinajstić information content (AvgIpc) is 2.33. The first-order valence-corrected chi connectivity index (χ1v) is 6.72. The second kappa shape index (κ2) is 6.65. The minimum Gasteiger partial charge on any atom is -0.372 e. The first kappa shape index (κ1) is 14.0. The molecule has 96 valence electrons. The van der Waals surface area contributed by atoms with E-state index in [1.165, 1.54) is 16.8 Å². The van der Waals surface area contributed by atoms with Crippen LogP contribution >= 0.6 is 0 Å². The summed E-state index contributed by atoms with van der Waals surface area (Å²) >= 11 is 0. The Kier molecular flexibility index (Phi) is 5.49. The highest BCUT2D eigenvalue weighted by Gasteiger charge is 2.11.